The smallest absolute Gasteiger partial charge is 0.271 e. The number of rotatable bonds is 6. The van der Waals surface area contributed by atoms with Crippen LogP contribution in [-0.2, 0) is 22.6 Å². The number of nitrogens with one attached hydrogen (secondary N) is 1. The molecule has 7 nitrogen and oxygen atoms in total. The van der Waals surface area contributed by atoms with E-state index >= 15 is 0 Å². The molecule has 0 spiro atoms. The molecule has 0 bridgehead atoms. The Kier molecular flexibility index (Phi) is 6.12. The Bertz CT molecular complexity index is 1250. The molecule has 0 aliphatic carbocycles. The molecule has 2 aliphatic heterocycles. The second kappa shape index (κ2) is 9.07. The van der Waals surface area contributed by atoms with E-state index in [1.807, 2.05) is 60.0 Å². The molecule has 34 heavy (non-hydrogen) atoms. The summed E-state index contributed by atoms with van der Waals surface area (Å²) >= 11 is 3.51. The van der Waals surface area contributed by atoms with Crippen LogP contribution in [0.2, 0.25) is 0 Å². The molecular weight excluding hydrogens is 498 g/mol. The summed E-state index contributed by atoms with van der Waals surface area (Å²) in [5, 5.41) is 4.01. The Hall–Kier alpha value is -2.84. The van der Waals surface area contributed by atoms with Crippen molar-refractivity contribution in [2.75, 3.05) is 20.3 Å². The molecule has 1 saturated heterocycles. The zero-order valence-corrected chi connectivity index (χ0v) is 20.9. The summed E-state index contributed by atoms with van der Waals surface area (Å²) in [5.74, 6) is 0.361. The Morgan fingerprint density at radius 1 is 1.26 bits per heavy atom. The second-order valence-corrected chi connectivity index (χ2v) is 10.1. The lowest BCUT2D eigenvalue weighted by atomic mass is 9.93. The Morgan fingerprint density at radius 2 is 2.12 bits per heavy atom. The molecule has 3 heterocycles. The summed E-state index contributed by atoms with van der Waals surface area (Å²) in [6, 6.07) is 15.5. The number of halogens is 1. The van der Waals surface area contributed by atoms with Crippen LogP contribution in [0.5, 0.6) is 5.75 Å². The predicted molar refractivity (Wildman–Crippen MR) is 133 cm³/mol. The topological polar surface area (TPSA) is 72.8 Å². The van der Waals surface area contributed by atoms with Gasteiger partial charge in [0, 0.05) is 35.6 Å². The molecule has 1 fully saturated rings. The molecule has 0 unspecified atom stereocenters. The quantitative estimate of drug-likeness (QED) is 0.525. The number of methoxy groups -OCH3 is 1. The van der Waals surface area contributed by atoms with E-state index in [9.17, 15) is 9.59 Å². The molecule has 2 aromatic carbocycles. The number of carbonyl (C=O) groups excluding carboxylic acids is 2. The van der Waals surface area contributed by atoms with Gasteiger partial charge in [-0.2, -0.15) is 0 Å². The third kappa shape index (κ3) is 4.09. The van der Waals surface area contributed by atoms with Gasteiger partial charge >= 0.3 is 0 Å². The molecule has 1 N–H and O–H groups in total. The van der Waals surface area contributed by atoms with Crippen molar-refractivity contribution in [3.63, 3.8) is 0 Å². The Morgan fingerprint density at radius 3 is 2.85 bits per heavy atom. The van der Waals surface area contributed by atoms with E-state index in [4.69, 9.17) is 9.47 Å². The standard InChI is InChI=1S/C26H28BrN3O4/c1-26(25(32)28-14-21-7-4-10-34-21)16-29-22-13-20(33-2)9-8-18(22)12-23(29)24(31)30(26)15-17-5-3-6-19(27)11-17/h3,5-6,8-9,11-13,21H,4,7,10,14-16H2,1-2H3,(H,28,32)/t21-,26+/m0/s1. The monoisotopic (exact) mass is 525 g/mol. The van der Waals surface area contributed by atoms with Crippen LogP contribution in [0.25, 0.3) is 10.9 Å². The SMILES string of the molecule is COc1ccc2cc3n(c2c1)C[C@](C)(C(=O)NC[C@@H]1CCCO1)N(Cc1cccc(Br)c1)C3=O. The number of hydrogen-bond donors (Lipinski definition) is 1. The van der Waals surface area contributed by atoms with Crippen LogP contribution in [0.15, 0.2) is 53.0 Å². The van der Waals surface area contributed by atoms with E-state index in [-0.39, 0.29) is 17.9 Å². The molecule has 5 rings (SSSR count). The van der Waals surface area contributed by atoms with Gasteiger partial charge in [-0.1, -0.05) is 28.1 Å². The molecule has 1 aromatic heterocycles. The maximum absolute atomic E-state index is 13.9. The first-order valence-corrected chi connectivity index (χ1v) is 12.3. The highest BCUT2D eigenvalue weighted by atomic mass is 79.9. The number of benzene rings is 2. The predicted octanol–water partition coefficient (Wildman–Crippen LogP) is 4.12. The van der Waals surface area contributed by atoms with Gasteiger partial charge in [0.05, 0.1) is 25.3 Å². The minimum Gasteiger partial charge on any atom is -0.497 e. The fourth-order valence-electron chi connectivity index (χ4n) is 4.93. The number of fused-ring (bicyclic) bond motifs is 3. The van der Waals surface area contributed by atoms with Crippen molar-refractivity contribution in [1.82, 2.24) is 14.8 Å². The molecule has 2 aliphatic rings. The van der Waals surface area contributed by atoms with Crippen molar-refractivity contribution in [1.29, 1.82) is 0 Å². The van der Waals surface area contributed by atoms with Gasteiger partial charge in [0.1, 0.15) is 17.0 Å². The summed E-state index contributed by atoms with van der Waals surface area (Å²) in [7, 11) is 1.62. The molecule has 178 valence electrons. The van der Waals surface area contributed by atoms with Crippen LogP contribution in [0, 0.1) is 0 Å². The van der Waals surface area contributed by atoms with Crippen LogP contribution < -0.4 is 10.1 Å². The average molecular weight is 526 g/mol. The van der Waals surface area contributed by atoms with E-state index < -0.39 is 5.54 Å². The van der Waals surface area contributed by atoms with E-state index in [1.165, 1.54) is 0 Å². The third-order valence-corrected chi connectivity index (χ3v) is 7.36. The zero-order chi connectivity index (χ0) is 23.9. The highest BCUT2D eigenvalue weighted by molar-refractivity contribution is 9.10. The van der Waals surface area contributed by atoms with Crippen molar-refractivity contribution >= 4 is 38.6 Å². The van der Waals surface area contributed by atoms with Crippen LogP contribution in [0.3, 0.4) is 0 Å². The zero-order valence-electron chi connectivity index (χ0n) is 19.3. The van der Waals surface area contributed by atoms with Crippen molar-refractivity contribution in [3.8, 4) is 5.75 Å². The van der Waals surface area contributed by atoms with Crippen molar-refractivity contribution in [2.24, 2.45) is 0 Å². The fraction of sp³-hybridized carbons (Fsp3) is 0.385. The molecule has 2 atom stereocenters. The highest BCUT2D eigenvalue weighted by Crippen LogP contribution is 2.35. The molecule has 0 saturated carbocycles. The maximum atomic E-state index is 13.9. The largest absolute Gasteiger partial charge is 0.497 e. The van der Waals surface area contributed by atoms with E-state index in [2.05, 4.69) is 21.2 Å². The van der Waals surface area contributed by atoms with Gasteiger partial charge in [-0.15, -0.1) is 0 Å². The lowest BCUT2D eigenvalue weighted by Crippen LogP contribution is -2.64. The number of aromatic nitrogens is 1. The summed E-state index contributed by atoms with van der Waals surface area (Å²) in [6.45, 7) is 3.69. The first-order chi connectivity index (χ1) is 16.4. The van der Waals surface area contributed by atoms with Crippen LogP contribution in [0.1, 0.15) is 35.8 Å². The lowest BCUT2D eigenvalue weighted by Gasteiger charge is -2.44. The number of nitrogens with zero attached hydrogens (tertiary/aromatic N) is 2. The summed E-state index contributed by atoms with van der Waals surface area (Å²) in [5.41, 5.74) is 1.32. The minimum atomic E-state index is -1.08. The van der Waals surface area contributed by atoms with Gasteiger partial charge in [-0.05, 0) is 55.7 Å². The molecule has 2 amide bonds. The number of hydrogen-bond acceptors (Lipinski definition) is 4. The summed E-state index contributed by atoms with van der Waals surface area (Å²) in [4.78, 5) is 29.2. The summed E-state index contributed by atoms with van der Waals surface area (Å²) in [6.07, 6.45) is 1.97. The van der Waals surface area contributed by atoms with E-state index in [1.54, 1.807) is 12.0 Å². The number of amides is 2. The van der Waals surface area contributed by atoms with Crippen molar-refractivity contribution in [3.05, 3.63) is 64.3 Å². The molecule has 0 radical (unpaired) electrons. The first-order valence-electron chi connectivity index (χ1n) is 11.5. The van der Waals surface area contributed by atoms with Crippen LogP contribution in [-0.4, -0.2) is 53.2 Å². The Labute approximate surface area is 207 Å². The van der Waals surface area contributed by atoms with E-state index in [0.717, 1.165) is 40.4 Å². The fourth-order valence-corrected chi connectivity index (χ4v) is 5.37. The number of carbonyl (C=O) groups is 2. The minimum absolute atomic E-state index is 0.0256. The summed E-state index contributed by atoms with van der Waals surface area (Å²) < 4.78 is 14.0. The van der Waals surface area contributed by atoms with Gasteiger partial charge < -0.3 is 24.3 Å². The maximum Gasteiger partial charge on any atom is 0.271 e. The normalized spacial score (nSPS) is 22.1. The van der Waals surface area contributed by atoms with Gasteiger partial charge in [0.25, 0.3) is 5.91 Å². The highest BCUT2D eigenvalue weighted by Gasteiger charge is 2.47. The molecule has 3 aromatic rings. The lowest BCUT2D eigenvalue weighted by molar-refractivity contribution is -0.133. The Balaban J connectivity index is 1.54. The average Bonchev–Trinajstić information content (AvgIpc) is 3.48. The third-order valence-electron chi connectivity index (χ3n) is 6.87. The van der Waals surface area contributed by atoms with Crippen molar-refractivity contribution < 1.29 is 19.1 Å². The first kappa shape index (κ1) is 22.9. The molecule has 8 heteroatoms. The van der Waals surface area contributed by atoms with Gasteiger partial charge in [0.15, 0.2) is 0 Å². The van der Waals surface area contributed by atoms with E-state index in [0.29, 0.717) is 31.1 Å². The van der Waals surface area contributed by atoms with Gasteiger partial charge in [-0.25, -0.2) is 0 Å². The second-order valence-electron chi connectivity index (χ2n) is 9.18. The van der Waals surface area contributed by atoms with Crippen LogP contribution >= 0.6 is 15.9 Å². The van der Waals surface area contributed by atoms with Gasteiger partial charge in [0.2, 0.25) is 5.91 Å². The molecular formula is C26H28BrN3O4. The van der Waals surface area contributed by atoms with Crippen molar-refractivity contribution in [2.45, 2.75) is 44.5 Å². The van der Waals surface area contributed by atoms with Crippen LogP contribution in [0.4, 0.5) is 0 Å². The van der Waals surface area contributed by atoms with Gasteiger partial charge in [-0.3, -0.25) is 9.59 Å². The number of ether oxygens (including phenoxy) is 2.